The van der Waals surface area contributed by atoms with Gasteiger partial charge in [0.25, 0.3) is 6.71 Å². The average molecular weight is 379 g/mol. The molecule has 0 amide bonds. The van der Waals surface area contributed by atoms with Gasteiger partial charge in [-0.1, -0.05) is 6.58 Å². The zero-order valence-corrected chi connectivity index (χ0v) is 17.1. The Kier molecular flexibility index (Phi) is 6.30. The summed E-state index contributed by atoms with van der Waals surface area (Å²) in [6.45, 7) is 12.8. The van der Waals surface area contributed by atoms with Crippen LogP contribution in [0.5, 0.6) is 0 Å². The van der Waals surface area contributed by atoms with Crippen LogP contribution in [0.15, 0.2) is 30.6 Å². The molecule has 0 aromatic carbocycles. The Morgan fingerprint density at radius 2 is 2.19 bits per heavy atom. The van der Waals surface area contributed by atoms with E-state index < -0.39 is 0 Å². The third kappa shape index (κ3) is 5.41. The molecule has 0 radical (unpaired) electrons. The lowest BCUT2D eigenvalue weighted by atomic mass is 9.38. The smallest absolute Gasteiger partial charge is 0.273 e. The number of anilines is 1. The largest absolute Gasteiger partial charge is 0.336 e. The van der Waals surface area contributed by atoms with Crippen LogP contribution >= 0.6 is 11.3 Å². The summed E-state index contributed by atoms with van der Waals surface area (Å²) >= 11 is 1.67. The summed E-state index contributed by atoms with van der Waals surface area (Å²) in [5.41, 5.74) is 4.29. The standard InChI is InChI=1S/C20H26BN5S/c1-14(2)24-20-23-10-19(27-20)12-26-6-5-21(13-22)18(11-26)9-17-7-15(3)25-16(4)8-17/h7-8,10,18H,1,5-6,9,11-12H2,2-4H3,(H,23,24). The van der Waals surface area contributed by atoms with Gasteiger partial charge in [-0.15, -0.1) is 11.3 Å². The number of nitrogens with one attached hydrogen (secondary N) is 1. The molecule has 1 fully saturated rings. The van der Waals surface area contributed by atoms with Crippen molar-refractivity contribution in [3.63, 3.8) is 0 Å². The predicted molar refractivity (Wildman–Crippen MR) is 113 cm³/mol. The molecule has 5 nitrogen and oxygen atoms in total. The van der Waals surface area contributed by atoms with Crippen molar-refractivity contribution in [3.05, 3.63) is 52.4 Å². The van der Waals surface area contributed by atoms with Gasteiger partial charge in [-0.2, -0.15) is 0 Å². The fourth-order valence-corrected chi connectivity index (χ4v) is 4.74. The van der Waals surface area contributed by atoms with Crippen LogP contribution in [0.3, 0.4) is 0 Å². The van der Waals surface area contributed by atoms with Crippen LogP contribution in [-0.2, 0) is 13.0 Å². The lowest BCUT2D eigenvalue weighted by Gasteiger charge is -2.34. The molecule has 140 valence electrons. The Labute approximate surface area is 166 Å². The molecule has 1 aliphatic rings. The van der Waals surface area contributed by atoms with Crippen LogP contribution in [0.25, 0.3) is 0 Å². The maximum atomic E-state index is 9.61. The first-order valence-electron chi connectivity index (χ1n) is 9.36. The Hall–Kier alpha value is -2.17. The van der Waals surface area contributed by atoms with E-state index in [4.69, 9.17) is 0 Å². The molecule has 1 N–H and O–H groups in total. The molecular formula is C20H26BN5S. The molecule has 27 heavy (non-hydrogen) atoms. The van der Waals surface area contributed by atoms with Crippen LogP contribution in [0.1, 0.15) is 28.8 Å². The van der Waals surface area contributed by atoms with Gasteiger partial charge in [0.05, 0.1) is 0 Å². The average Bonchev–Trinajstić information content (AvgIpc) is 3.00. The Bertz CT molecular complexity index is 836. The summed E-state index contributed by atoms with van der Waals surface area (Å²) in [7, 11) is 0. The normalized spacial score (nSPS) is 17.6. The van der Waals surface area contributed by atoms with E-state index in [-0.39, 0.29) is 6.71 Å². The molecule has 2 aromatic heterocycles. The van der Waals surface area contributed by atoms with E-state index in [2.05, 4.69) is 44.9 Å². The molecule has 3 heterocycles. The number of allylic oxidation sites excluding steroid dienone is 1. The van der Waals surface area contributed by atoms with Crippen LogP contribution in [0.2, 0.25) is 12.1 Å². The van der Waals surface area contributed by atoms with Crippen molar-refractivity contribution in [2.75, 3.05) is 18.4 Å². The molecule has 1 saturated heterocycles. The zero-order valence-electron chi connectivity index (χ0n) is 16.3. The highest BCUT2D eigenvalue weighted by atomic mass is 32.1. The van der Waals surface area contributed by atoms with Gasteiger partial charge in [0.1, 0.15) is 0 Å². The van der Waals surface area contributed by atoms with Gasteiger partial charge in [0, 0.05) is 40.7 Å². The van der Waals surface area contributed by atoms with Crippen molar-refractivity contribution >= 4 is 23.2 Å². The summed E-state index contributed by atoms with van der Waals surface area (Å²) in [5, 5.41) is 13.7. The second-order valence-corrected chi connectivity index (χ2v) is 8.63. The maximum Gasteiger partial charge on any atom is 0.273 e. The van der Waals surface area contributed by atoms with Crippen LogP contribution in [0.4, 0.5) is 5.13 Å². The van der Waals surface area contributed by atoms with E-state index in [1.165, 1.54) is 10.4 Å². The summed E-state index contributed by atoms with van der Waals surface area (Å²) in [4.78, 5) is 12.6. The van der Waals surface area contributed by atoms with E-state index in [1.54, 1.807) is 11.3 Å². The number of hydrogen-bond donors (Lipinski definition) is 1. The van der Waals surface area contributed by atoms with Crippen molar-refractivity contribution in [1.82, 2.24) is 14.9 Å². The molecule has 0 aliphatic carbocycles. The summed E-state index contributed by atoms with van der Waals surface area (Å²) < 4.78 is 0. The number of aromatic nitrogens is 2. The van der Waals surface area contributed by atoms with Crippen LogP contribution in [0, 0.1) is 25.1 Å². The highest BCUT2D eigenvalue weighted by Crippen LogP contribution is 2.29. The fourth-order valence-electron chi connectivity index (χ4n) is 3.81. The molecular weight excluding hydrogens is 353 g/mol. The Morgan fingerprint density at radius 1 is 1.44 bits per heavy atom. The molecule has 0 bridgehead atoms. The van der Waals surface area contributed by atoms with Crippen molar-refractivity contribution in [2.24, 2.45) is 0 Å². The Morgan fingerprint density at radius 3 is 2.85 bits per heavy atom. The quantitative estimate of drug-likeness (QED) is 0.766. The highest BCUT2D eigenvalue weighted by molar-refractivity contribution is 7.15. The number of pyridine rings is 1. The van der Waals surface area contributed by atoms with Crippen LogP contribution in [-0.4, -0.2) is 34.7 Å². The van der Waals surface area contributed by atoms with Crippen molar-refractivity contribution < 1.29 is 0 Å². The van der Waals surface area contributed by atoms with Crippen molar-refractivity contribution in [3.8, 4) is 5.97 Å². The fraction of sp³-hybridized carbons (Fsp3) is 0.450. The molecule has 0 saturated carbocycles. The third-order valence-electron chi connectivity index (χ3n) is 4.88. The molecule has 1 unspecified atom stereocenters. The second-order valence-electron chi connectivity index (χ2n) is 7.52. The summed E-state index contributed by atoms with van der Waals surface area (Å²) in [6.07, 6.45) is 3.81. The van der Waals surface area contributed by atoms with Gasteiger partial charge in [-0.25, -0.2) is 10.2 Å². The number of rotatable bonds is 6. The first-order valence-corrected chi connectivity index (χ1v) is 10.2. The van der Waals surface area contributed by atoms with Crippen LogP contribution < -0.4 is 5.32 Å². The van der Waals surface area contributed by atoms with E-state index >= 15 is 0 Å². The number of nitriles is 1. The molecule has 7 heteroatoms. The SMILES string of the molecule is C=C(C)Nc1ncc(CN2CCB(C#N)C(Cc3cc(C)nc(C)c3)C2)s1. The van der Waals surface area contributed by atoms with Crippen molar-refractivity contribution in [1.29, 1.82) is 5.26 Å². The third-order valence-corrected chi connectivity index (χ3v) is 5.77. The van der Waals surface area contributed by atoms with Gasteiger partial charge < -0.3 is 5.32 Å². The van der Waals surface area contributed by atoms with E-state index in [0.29, 0.717) is 5.82 Å². The van der Waals surface area contributed by atoms with Gasteiger partial charge in [-0.3, -0.25) is 9.88 Å². The number of aryl methyl sites for hydroxylation is 2. The van der Waals surface area contributed by atoms with E-state index in [1.807, 2.05) is 27.0 Å². The zero-order chi connectivity index (χ0) is 19.4. The molecule has 3 rings (SSSR count). The molecule has 2 aromatic rings. The maximum absolute atomic E-state index is 9.61. The van der Waals surface area contributed by atoms with Gasteiger partial charge in [0.2, 0.25) is 0 Å². The van der Waals surface area contributed by atoms with Gasteiger partial charge >= 0.3 is 0 Å². The Balaban J connectivity index is 1.66. The van der Waals surface area contributed by atoms with E-state index in [9.17, 15) is 5.26 Å². The first kappa shape index (κ1) is 19.6. The second kappa shape index (κ2) is 8.68. The summed E-state index contributed by atoms with van der Waals surface area (Å²) in [5.74, 6) is 2.89. The van der Waals surface area contributed by atoms with Gasteiger partial charge in [-0.05, 0) is 70.1 Å². The molecule has 1 aliphatic heterocycles. The molecule has 0 spiro atoms. The topological polar surface area (TPSA) is 64.8 Å². The lowest BCUT2D eigenvalue weighted by molar-refractivity contribution is 0.264. The van der Waals surface area contributed by atoms with Crippen molar-refractivity contribution in [2.45, 2.75) is 45.9 Å². The number of nitrogens with zero attached hydrogens (tertiary/aromatic N) is 4. The highest BCUT2D eigenvalue weighted by Gasteiger charge is 2.33. The first-order chi connectivity index (χ1) is 12.9. The van der Waals surface area contributed by atoms with Gasteiger partial charge in [0.15, 0.2) is 5.13 Å². The predicted octanol–water partition coefficient (Wildman–Crippen LogP) is 4.09. The summed E-state index contributed by atoms with van der Waals surface area (Å²) in [6, 6.07) is 4.30. The monoisotopic (exact) mass is 379 g/mol. The minimum absolute atomic E-state index is 0.122. The number of thiazole rings is 1. The van der Waals surface area contributed by atoms with E-state index in [0.717, 1.165) is 54.6 Å². The molecule has 1 atom stereocenters. The number of hydrogen-bond acceptors (Lipinski definition) is 6. The minimum atomic E-state index is 0.122. The lowest BCUT2D eigenvalue weighted by Crippen LogP contribution is -2.42. The minimum Gasteiger partial charge on any atom is -0.336 e.